The number of carbonyl (C=O) groups is 1. The van der Waals surface area contributed by atoms with Gasteiger partial charge in [0.1, 0.15) is 17.9 Å². The van der Waals surface area contributed by atoms with E-state index in [0.717, 1.165) is 12.0 Å². The van der Waals surface area contributed by atoms with Crippen molar-refractivity contribution in [1.82, 2.24) is 14.7 Å². The number of benzene rings is 1. The molecular formula is C18H24N4O3. The Morgan fingerprint density at radius 3 is 2.48 bits per heavy atom. The molecule has 0 aliphatic carbocycles. The fourth-order valence-corrected chi connectivity index (χ4v) is 2.81. The molecule has 2 aromatic rings. The molecule has 1 amide bonds. The first-order valence-electron chi connectivity index (χ1n) is 8.36. The van der Waals surface area contributed by atoms with Crippen LogP contribution in [0.25, 0.3) is 0 Å². The van der Waals surface area contributed by atoms with Crippen LogP contribution in [0.1, 0.15) is 37.2 Å². The van der Waals surface area contributed by atoms with Gasteiger partial charge in [0.05, 0.1) is 4.92 Å². The lowest BCUT2D eigenvalue weighted by atomic mass is 10.1. The highest BCUT2D eigenvalue weighted by atomic mass is 16.6. The Morgan fingerprint density at radius 2 is 1.96 bits per heavy atom. The van der Waals surface area contributed by atoms with Crippen molar-refractivity contribution in [2.45, 2.75) is 53.2 Å². The molecule has 0 spiro atoms. The van der Waals surface area contributed by atoms with Crippen LogP contribution >= 0.6 is 0 Å². The van der Waals surface area contributed by atoms with Crippen LogP contribution < -0.4 is 0 Å². The number of hydrogen-bond acceptors (Lipinski definition) is 4. The monoisotopic (exact) mass is 344 g/mol. The highest BCUT2D eigenvalue weighted by Crippen LogP contribution is 2.22. The Bertz CT molecular complexity index is 755. The van der Waals surface area contributed by atoms with E-state index in [1.54, 1.807) is 18.7 Å². The third kappa shape index (κ3) is 4.23. The first-order valence-corrected chi connectivity index (χ1v) is 8.36. The first-order chi connectivity index (χ1) is 11.8. The van der Waals surface area contributed by atoms with Crippen LogP contribution in [0.3, 0.4) is 0 Å². The normalized spacial score (nSPS) is 12.0. The van der Waals surface area contributed by atoms with Gasteiger partial charge in [0.15, 0.2) is 0 Å². The van der Waals surface area contributed by atoms with Gasteiger partial charge in [-0.05, 0) is 32.8 Å². The third-order valence-electron chi connectivity index (χ3n) is 4.45. The van der Waals surface area contributed by atoms with Crippen LogP contribution in [0.4, 0.5) is 5.69 Å². The van der Waals surface area contributed by atoms with Gasteiger partial charge in [-0.1, -0.05) is 37.3 Å². The molecule has 25 heavy (non-hydrogen) atoms. The summed E-state index contributed by atoms with van der Waals surface area (Å²) in [4.78, 5) is 25.3. The summed E-state index contributed by atoms with van der Waals surface area (Å²) in [5.74, 6) is -0.0984. The number of amides is 1. The van der Waals surface area contributed by atoms with Crippen molar-refractivity contribution in [3.8, 4) is 0 Å². The molecule has 1 aromatic heterocycles. The van der Waals surface area contributed by atoms with Crippen molar-refractivity contribution in [2.24, 2.45) is 0 Å². The second-order valence-electron chi connectivity index (χ2n) is 6.20. The zero-order valence-electron chi connectivity index (χ0n) is 15.1. The predicted molar refractivity (Wildman–Crippen MR) is 95.1 cm³/mol. The predicted octanol–water partition coefficient (Wildman–Crippen LogP) is 3.24. The summed E-state index contributed by atoms with van der Waals surface area (Å²) >= 11 is 0. The Labute approximate surface area is 147 Å². The van der Waals surface area contributed by atoms with Gasteiger partial charge in [-0.2, -0.15) is 5.10 Å². The van der Waals surface area contributed by atoms with E-state index in [9.17, 15) is 14.9 Å². The molecule has 0 radical (unpaired) electrons. The van der Waals surface area contributed by atoms with Crippen molar-refractivity contribution in [1.29, 1.82) is 0 Å². The quantitative estimate of drug-likeness (QED) is 0.570. The zero-order chi connectivity index (χ0) is 18.6. The summed E-state index contributed by atoms with van der Waals surface area (Å²) in [7, 11) is 0. The zero-order valence-corrected chi connectivity index (χ0v) is 15.1. The molecule has 134 valence electrons. The van der Waals surface area contributed by atoms with Gasteiger partial charge in [-0.25, -0.2) is 0 Å². The van der Waals surface area contributed by atoms with Gasteiger partial charge >= 0.3 is 5.69 Å². The third-order valence-corrected chi connectivity index (χ3v) is 4.45. The van der Waals surface area contributed by atoms with Crippen molar-refractivity contribution < 1.29 is 9.72 Å². The first kappa shape index (κ1) is 18.6. The Kier molecular flexibility index (Phi) is 5.90. The van der Waals surface area contributed by atoms with E-state index in [0.29, 0.717) is 17.9 Å². The van der Waals surface area contributed by atoms with Gasteiger partial charge < -0.3 is 4.90 Å². The highest BCUT2D eigenvalue weighted by molar-refractivity contribution is 5.76. The minimum absolute atomic E-state index is 0.00229. The van der Waals surface area contributed by atoms with Gasteiger partial charge in [-0.3, -0.25) is 19.6 Å². The highest BCUT2D eigenvalue weighted by Gasteiger charge is 2.25. The number of aromatic nitrogens is 2. The summed E-state index contributed by atoms with van der Waals surface area (Å²) in [6.45, 7) is 7.75. The largest absolute Gasteiger partial charge is 0.334 e. The number of rotatable bonds is 7. The van der Waals surface area contributed by atoms with E-state index in [4.69, 9.17) is 0 Å². The molecule has 0 aliphatic rings. The summed E-state index contributed by atoms with van der Waals surface area (Å²) in [6.07, 6.45) is 0.829. The van der Waals surface area contributed by atoms with Crippen LogP contribution in [0.15, 0.2) is 30.3 Å². The maximum absolute atomic E-state index is 12.9. The van der Waals surface area contributed by atoms with Gasteiger partial charge in [0.2, 0.25) is 5.91 Å². The number of aryl methyl sites for hydroxylation is 1. The van der Waals surface area contributed by atoms with Crippen LogP contribution in [-0.2, 0) is 17.9 Å². The Morgan fingerprint density at radius 1 is 1.32 bits per heavy atom. The minimum Gasteiger partial charge on any atom is -0.334 e. The molecule has 7 nitrogen and oxygen atoms in total. The summed E-state index contributed by atoms with van der Waals surface area (Å²) in [6, 6.07) is 9.86. The molecule has 1 atom stereocenters. The molecule has 7 heteroatoms. The van der Waals surface area contributed by atoms with E-state index in [2.05, 4.69) is 5.10 Å². The number of hydrogen-bond donors (Lipinski definition) is 0. The number of carbonyl (C=O) groups excluding carboxylic acids is 1. The smallest absolute Gasteiger partial charge is 0.312 e. The lowest BCUT2D eigenvalue weighted by Gasteiger charge is -2.29. The van der Waals surface area contributed by atoms with Crippen LogP contribution in [0.2, 0.25) is 0 Å². The second kappa shape index (κ2) is 7.92. The topological polar surface area (TPSA) is 81.3 Å². The molecule has 0 bridgehead atoms. The standard InChI is InChI=1S/C18H24N4O3/c1-5-13(2)20(11-16-9-7-6-8-10-16)17(23)12-21-15(4)18(22(24)25)14(3)19-21/h6-10,13H,5,11-12H2,1-4H3. The van der Waals surface area contributed by atoms with Crippen LogP contribution in [0, 0.1) is 24.0 Å². The molecule has 1 heterocycles. The van der Waals surface area contributed by atoms with Crippen molar-refractivity contribution in [2.75, 3.05) is 0 Å². The minimum atomic E-state index is -0.449. The SMILES string of the molecule is CCC(C)N(Cc1ccccc1)C(=O)Cn1nc(C)c([N+](=O)[O-])c1C. The summed E-state index contributed by atoms with van der Waals surface area (Å²) < 4.78 is 1.43. The second-order valence-corrected chi connectivity index (χ2v) is 6.20. The van der Waals surface area contributed by atoms with Crippen LogP contribution in [0.5, 0.6) is 0 Å². The maximum Gasteiger partial charge on any atom is 0.312 e. The lowest BCUT2D eigenvalue weighted by Crippen LogP contribution is -2.40. The van der Waals surface area contributed by atoms with Crippen molar-refractivity contribution in [3.63, 3.8) is 0 Å². The fraction of sp³-hybridized carbons (Fsp3) is 0.444. The molecule has 0 aliphatic heterocycles. The van der Waals surface area contributed by atoms with E-state index < -0.39 is 4.92 Å². The summed E-state index contributed by atoms with van der Waals surface area (Å²) in [5.41, 5.74) is 1.76. The number of nitro groups is 1. The van der Waals surface area contributed by atoms with Crippen molar-refractivity contribution >= 4 is 11.6 Å². The number of nitrogens with zero attached hydrogens (tertiary/aromatic N) is 4. The molecule has 0 saturated heterocycles. The van der Waals surface area contributed by atoms with Gasteiger partial charge in [0.25, 0.3) is 0 Å². The molecule has 2 rings (SSSR count). The van der Waals surface area contributed by atoms with E-state index >= 15 is 0 Å². The average Bonchev–Trinajstić information content (AvgIpc) is 2.86. The van der Waals surface area contributed by atoms with E-state index in [1.165, 1.54) is 4.68 Å². The molecule has 1 aromatic carbocycles. The Hall–Kier alpha value is -2.70. The van der Waals surface area contributed by atoms with E-state index in [1.807, 2.05) is 44.2 Å². The van der Waals surface area contributed by atoms with E-state index in [-0.39, 0.29) is 24.2 Å². The molecular weight excluding hydrogens is 320 g/mol. The molecule has 0 N–H and O–H groups in total. The van der Waals surface area contributed by atoms with Crippen molar-refractivity contribution in [3.05, 3.63) is 57.4 Å². The van der Waals surface area contributed by atoms with Gasteiger partial charge in [-0.15, -0.1) is 0 Å². The van der Waals surface area contributed by atoms with Gasteiger partial charge in [0, 0.05) is 12.6 Å². The lowest BCUT2D eigenvalue weighted by molar-refractivity contribution is -0.386. The fourth-order valence-electron chi connectivity index (χ4n) is 2.81. The Balaban J connectivity index is 2.23. The molecule has 1 unspecified atom stereocenters. The molecule has 0 saturated carbocycles. The average molecular weight is 344 g/mol. The molecule has 0 fully saturated rings. The van der Waals surface area contributed by atoms with Crippen LogP contribution in [-0.4, -0.2) is 31.6 Å². The maximum atomic E-state index is 12.9. The summed E-state index contributed by atoms with van der Waals surface area (Å²) in [5, 5.41) is 15.3.